The average molecular weight is 460 g/mol. The number of benzene rings is 2. The van der Waals surface area contributed by atoms with Gasteiger partial charge in [-0.1, -0.05) is 18.6 Å². The van der Waals surface area contributed by atoms with Gasteiger partial charge in [0.25, 0.3) is 11.8 Å². The standard InChI is InChI=1S/C27H26FN3O3/c1-31-13-3-2-4-20(31)16-29-26(32)18-7-5-17(6-8-18)25-12-10-21(34-25)15-23-22-14-19(28)9-11-24(22)30-27(23)33/h5-12,14-15,20H,2-4,13,16H2,1H3,(H,29,32)(H,30,33). The first kappa shape index (κ1) is 22.1. The Morgan fingerprint density at radius 1 is 1.18 bits per heavy atom. The van der Waals surface area contributed by atoms with Crippen molar-refractivity contribution in [2.24, 2.45) is 0 Å². The molecule has 0 spiro atoms. The van der Waals surface area contributed by atoms with Crippen molar-refractivity contribution >= 4 is 29.2 Å². The van der Waals surface area contributed by atoms with Gasteiger partial charge in [0, 0.05) is 35.0 Å². The lowest BCUT2D eigenvalue weighted by Gasteiger charge is -2.32. The predicted octanol–water partition coefficient (Wildman–Crippen LogP) is 4.79. The van der Waals surface area contributed by atoms with E-state index >= 15 is 0 Å². The molecule has 2 aliphatic rings. The van der Waals surface area contributed by atoms with E-state index in [0.717, 1.165) is 18.5 Å². The average Bonchev–Trinajstić information content (AvgIpc) is 3.43. The summed E-state index contributed by atoms with van der Waals surface area (Å²) in [5.74, 6) is 0.300. The van der Waals surface area contributed by atoms with Crippen molar-refractivity contribution in [2.45, 2.75) is 25.3 Å². The highest BCUT2D eigenvalue weighted by molar-refractivity contribution is 6.34. The smallest absolute Gasteiger partial charge is 0.256 e. The van der Waals surface area contributed by atoms with Crippen LogP contribution in [0.5, 0.6) is 0 Å². The molecule has 34 heavy (non-hydrogen) atoms. The molecule has 2 aliphatic heterocycles. The molecule has 1 unspecified atom stereocenters. The van der Waals surface area contributed by atoms with Gasteiger partial charge in [-0.25, -0.2) is 4.39 Å². The fraction of sp³-hybridized carbons (Fsp3) is 0.259. The summed E-state index contributed by atoms with van der Waals surface area (Å²) in [5.41, 5.74) is 2.85. The molecule has 2 aromatic carbocycles. The number of nitrogens with one attached hydrogen (secondary N) is 2. The van der Waals surface area contributed by atoms with Crippen molar-refractivity contribution in [1.29, 1.82) is 0 Å². The Morgan fingerprint density at radius 3 is 2.79 bits per heavy atom. The topological polar surface area (TPSA) is 74.6 Å². The Labute approximate surface area is 197 Å². The van der Waals surface area contributed by atoms with Crippen LogP contribution >= 0.6 is 0 Å². The van der Waals surface area contributed by atoms with Gasteiger partial charge in [0.2, 0.25) is 0 Å². The number of amides is 2. The largest absolute Gasteiger partial charge is 0.457 e. The van der Waals surface area contributed by atoms with Crippen molar-refractivity contribution in [2.75, 3.05) is 25.5 Å². The van der Waals surface area contributed by atoms with Crippen LogP contribution in [0.4, 0.5) is 10.1 Å². The number of anilines is 1. The number of hydrogen-bond acceptors (Lipinski definition) is 4. The maximum atomic E-state index is 13.7. The molecular formula is C27H26FN3O3. The molecular weight excluding hydrogens is 433 g/mol. The van der Waals surface area contributed by atoms with Crippen LogP contribution in [0, 0.1) is 5.82 Å². The Hall–Kier alpha value is -3.71. The molecule has 0 aliphatic carbocycles. The summed E-state index contributed by atoms with van der Waals surface area (Å²) in [6.07, 6.45) is 5.13. The van der Waals surface area contributed by atoms with Gasteiger partial charge in [-0.2, -0.15) is 0 Å². The number of likely N-dealkylation sites (N-methyl/N-ethyl adjacent to an activating group) is 1. The van der Waals surface area contributed by atoms with E-state index in [1.807, 2.05) is 12.1 Å². The van der Waals surface area contributed by atoms with Gasteiger partial charge in [-0.05, 0) is 75.0 Å². The molecule has 2 amide bonds. The van der Waals surface area contributed by atoms with Gasteiger partial charge in [-0.15, -0.1) is 0 Å². The molecule has 174 valence electrons. The minimum atomic E-state index is -0.406. The van der Waals surface area contributed by atoms with Crippen molar-refractivity contribution in [3.05, 3.63) is 77.3 Å². The zero-order chi connectivity index (χ0) is 23.7. The van der Waals surface area contributed by atoms with Gasteiger partial charge >= 0.3 is 0 Å². The zero-order valence-corrected chi connectivity index (χ0v) is 18.9. The number of halogens is 1. The predicted molar refractivity (Wildman–Crippen MR) is 130 cm³/mol. The van der Waals surface area contributed by atoms with E-state index in [1.165, 1.54) is 25.0 Å². The van der Waals surface area contributed by atoms with Crippen molar-refractivity contribution < 1.29 is 18.4 Å². The molecule has 1 saturated heterocycles. The second kappa shape index (κ2) is 9.27. The Balaban J connectivity index is 1.27. The molecule has 0 saturated carbocycles. The number of carbonyl (C=O) groups is 2. The number of hydrogen-bond donors (Lipinski definition) is 2. The molecule has 5 rings (SSSR count). The molecule has 3 aromatic rings. The molecule has 0 radical (unpaired) electrons. The van der Waals surface area contributed by atoms with Crippen LogP contribution in [-0.4, -0.2) is 42.9 Å². The van der Waals surface area contributed by atoms with Gasteiger partial charge < -0.3 is 20.0 Å². The highest BCUT2D eigenvalue weighted by atomic mass is 19.1. The maximum absolute atomic E-state index is 13.7. The number of rotatable bonds is 5. The second-order valence-electron chi connectivity index (χ2n) is 8.82. The van der Waals surface area contributed by atoms with Crippen LogP contribution in [0.1, 0.15) is 40.9 Å². The van der Waals surface area contributed by atoms with Crippen LogP contribution in [0.25, 0.3) is 23.0 Å². The maximum Gasteiger partial charge on any atom is 0.256 e. The zero-order valence-electron chi connectivity index (χ0n) is 18.9. The second-order valence-corrected chi connectivity index (χ2v) is 8.82. The summed E-state index contributed by atoms with van der Waals surface area (Å²) >= 11 is 0. The van der Waals surface area contributed by atoms with Crippen LogP contribution < -0.4 is 10.6 Å². The number of fused-ring (bicyclic) bond motifs is 1. The quantitative estimate of drug-likeness (QED) is 0.538. The van der Waals surface area contributed by atoms with E-state index < -0.39 is 5.82 Å². The third-order valence-electron chi connectivity index (χ3n) is 6.53. The van der Waals surface area contributed by atoms with Crippen LogP contribution in [0.3, 0.4) is 0 Å². The fourth-order valence-electron chi connectivity index (χ4n) is 4.53. The van der Waals surface area contributed by atoms with Crippen LogP contribution in [0.2, 0.25) is 0 Å². The molecule has 0 bridgehead atoms. The summed E-state index contributed by atoms with van der Waals surface area (Å²) in [6.45, 7) is 1.72. The number of likely N-dealkylation sites (tertiary alicyclic amines) is 1. The van der Waals surface area contributed by atoms with Gasteiger partial charge in [0.15, 0.2) is 0 Å². The molecule has 1 aromatic heterocycles. The van der Waals surface area contributed by atoms with Crippen LogP contribution in [-0.2, 0) is 4.79 Å². The van der Waals surface area contributed by atoms with Gasteiger partial charge in [0.1, 0.15) is 17.3 Å². The first-order valence-electron chi connectivity index (χ1n) is 11.5. The summed E-state index contributed by atoms with van der Waals surface area (Å²) in [5, 5.41) is 5.77. The summed E-state index contributed by atoms with van der Waals surface area (Å²) in [6, 6.07) is 15.4. The molecule has 2 N–H and O–H groups in total. The van der Waals surface area contributed by atoms with E-state index in [1.54, 1.807) is 36.4 Å². The van der Waals surface area contributed by atoms with E-state index in [4.69, 9.17) is 4.42 Å². The van der Waals surface area contributed by atoms with Crippen molar-refractivity contribution in [1.82, 2.24) is 10.2 Å². The molecule has 1 atom stereocenters. The Bertz CT molecular complexity index is 1260. The Morgan fingerprint density at radius 2 is 2.00 bits per heavy atom. The number of carbonyl (C=O) groups excluding carboxylic acids is 2. The highest BCUT2D eigenvalue weighted by Gasteiger charge is 2.25. The minimum absolute atomic E-state index is 0.0893. The van der Waals surface area contributed by atoms with Gasteiger partial charge in [0.05, 0.1) is 5.57 Å². The third kappa shape index (κ3) is 4.52. The summed E-state index contributed by atoms with van der Waals surface area (Å²) < 4.78 is 19.6. The molecule has 6 nitrogen and oxygen atoms in total. The Kier molecular flexibility index (Phi) is 6.02. The lowest BCUT2D eigenvalue weighted by molar-refractivity contribution is -0.110. The van der Waals surface area contributed by atoms with Crippen molar-refractivity contribution in [3.8, 4) is 11.3 Å². The van der Waals surface area contributed by atoms with Crippen molar-refractivity contribution in [3.63, 3.8) is 0 Å². The summed E-state index contributed by atoms with van der Waals surface area (Å²) in [7, 11) is 2.11. The van der Waals surface area contributed by atoms with E-state index in [0.29, 0.717) is 46.5 Å². The fourth-order valence-corrected chi connectivity index (χ4v) is 4.53. The number of furan rings is 1. The molecule has 1 fully saturated rings. The lowest BCUT2D eigenvalue weighted by atomic mass is 10.0. The normalized spacial score (nSPS) is 19.2. The first-order valence-corrected chi connectivity index (χ1v) is 11.5. The van der Waals surface area contributed by atoms with E-state index in [9.17, 15) is 14.0 Å². The van der Waals surface area contributed by atoms with E-state index in [2.05, 4.69) is 22.6 Å². The van der Waals surface area contributed by atoms with Crippen LogP contribution in [0.15, 0.2) is 59.0 Å². The number of piperidine rings is 1. The summed E-state index contributed by atoms with van der Waals surface area (Å²) in [4.78, 5) is 27.2. The highest BCUT2D eigenvalue weighted by Crippen LogP contribution is 2.34. The first-order chi connectivity index (χ1) is 16.5. The minimum Gasteiger partial charge on any atom is -0.457 e. The van der Waals surface area contributed by atoms with E-state index in [-0.39, 0.29) is 11.8 Å². The molecule has 7 heteroatoms. The molecule has 3 heterocycles. The third-order valence-corrected chi connectivity index (χ3v) is 6.53. The monoisotopic (exact) mass is 459 g/mol. The lowest BCUT2D eigenvalue weighted by Crippen LogP contribution is -2.44. The SMILES string of the molecule is CN1CCCCC1CNC(=O)c1ccc(-c2ccc(C=C3C(=O)Nc4ccc(F)cc43)o2)cc1. The van der Waals surface area contributed by atoms with Gasteiger partial charge in [-0.3, -0.25) is 9.59 Å². The number of nitrogens with zero attached hydrogens (tertiary/aromatic N) is 1.